The lowest BCUT2D eigenvalue weighted by atomic mass is 9.96. The highest BCUT2D eigenvalue weighted by Crippen LogP contribution is 2.61. The second kappa shape index (κ2) is 36.0. The zero-order valence-corrected chi connectivity index (χ0v) is 52.4. The summed E-state index contributed by atoms with van der Waals surface area (Å²) in [5, 5.41) is 144. The first-order valence-corrected chi connectivity index (χ1v) is 34.0. The lowest BCUT2D eigenvalue weighted by Crippen LogP contribution is -2.67. The van der Waals surface area contributed by atoms with Crippen molar-refractivity contribution in [3.8, 4) is 0 Å². The van der Waals surface area contributed by atoms with Gasteiger partial charge in [0.1, 0.15) is 110 Å². The molecular weight excluding hydrogens is 1310 g/mol. The van der Waals surface area contributed by atoms with Gasteiger partial charge in [-0.3, -0.25) is 37.8 Å². The number of thioether (sulfide) groups is 2. The summed E-state index contributed by atoms with van der Waals surface area (Å²) in [5.41, 5.74) is -1.86. The van der Waals surface area contributed by atoms with Crippen molar-refractivity contribution in [3.63, 3.8) is 0 Å². The molecule has 524 valence electrons. The average molecular weight is 1400 g/mol. The standard InChI is InChI=1S/C49H82N4O34P2S2/c1-21(56)50-30-37(65)32(60)22(15-54)81-45(30)85-43-40(68)36(64)26(84-48(43)78-17-24-34(62)39(67)42(70)47(83-24)77-12-8-6-4-3-5-7-9-29(59)76-2)19-90-13-14-91-20-28(58)51-31-38(66)33(61)23(16-55)82-46(31)86-89(74,75)87-88(72,73)79-18-25-35(63)41(69)44(80-25)53-11-10-27(57)52-49(53)71/h10-11,22-26,30-48,54-55,60-70H,3-9,12-20H2,1-2H3,(H,50,56)(H,51,58)(H,72,73)(H,74,75)(H,52,57,71)/t22-,23-,24-,25-,26-,30-,31-,32-,33-,34-,35-,36-,37-,38-,39+,40+,41-,42+,43+,44-,45+,46-,47-,48+/m1/s1. The number of hydrogen-bond donors (Lipinski definition) is 18. The van der Waals surface area contributed by atoms with E-state index < -0.39 is 218 Å². The molecule has 0 bridgehead atoms. The van der Waals surface area contributed by atoms with E-state index in [1.54, 1.807) is 0 Å². The maximum atomic E-state index is 13.3. The number of H-pyrrole nitrogens is 1. The number of nitrogens with one attached hydrogen (secondary N) is 3. The van der Waals surface area contributed by atoms with E-state index in [4.69, 9.17) is 42.4 Å². The Morgan fingerprint density at radius 1 is 0.615 bits per heavy atom. The molecule has 5 aliphatic rings. The van der Waals surface area contributed by atoms with Crippen LogP contribution >= 0.6 is 39.2 Å². The summed E-state index contributed by atoms with van der Waals surface area (Å²) in [4.78, 5) is 83.4. The van der Waals surface area contributed by atoms with Crippen LogP contribution in [0, 0.1) is 0 Å². The van der Waals surface area contributed by atoms with E-state index in [2.05, 4.69) is 24.2 Å². The molecule has 42 heteroatoms. The van der Waals surface area contributed by atoms with Crippen LogP contribution in [0.2, 0.25) is 0 Å². The second-order valence-corrected chi connectivity index (χ2v) is 26.9. The number of nitrogens with zero attached hydrogens (tertiary/aromatic N) is 1. The third-order valence-corrected chi connectivity index (χ3v) is 19.8. The fourth-order valence-corrected chi connectivity index (χ4v) is 14.3. The van der Waals surface area contributed by atoms with Crippen LogP contribution in [0.25, 0.3) is 0 Å². The number of carbonyl (C=O) groups is 3. The average Bonchev–Trinajstić information content (AvgIpc) is 1.52. The van der Waals surface area contributed by atoms with Crippen LogP contribution < -0.4 is 21.9 Å². The molecule has 0 spiro atoms. The highest BCUT2D eigenvalue weighted by molar-refractivity contribution is 8.03. The molecule has 0 radical (unpaired) electrons. The zero-order chi connectivity index (χ0) is 67.1. The summed E-state index contributed by atoms with van der Waals surface area (Å²) in [6, 6.07) is -2.60. The third kappa shape index (κ3) is 21.6. The number of aromatic nitrogens is 2. The van der Waals surface area contributed by atoms with Crippen LogP contribution in [0.4, 0.5) is 0 Å². The van der Waals surface area contributed by atoms with Gasteiger partial charge in [-0.15, -0.1) is 0 Å². The Bertz CT molecular complexity index is 2680. The quantitative estimate of drug-likeness (QED) is 0.0173. The molecule has 5 aliphatic heterocycles. The summed E-state index contributed by atoms with van der Waals surface area (Å²) in [5.74, 6) is -2.17. The van der Waals surface area contributed by atoms with Crippen LogP contribution in [0.5, 0.6) is 0 Å². The molecule has 0 aromatic carbocycles. The lowest BCUT2D eigenvalue weighted by molar-refractivity contribution is -0.360. The molecule has 0 aliphatic carbocycles. The van der Waals surface area contributed by atoms with Gasteiger partial charge in [-0.05, 0) is 12.8 Å². The van der Waals surface area contributed by atoms with Crippen molar-refractivity contribution in [2.75, 3.05) is 63.2 Å². The fourth-order valence-electron chi connectivity index (χ4n) is 10.1. The first-order valence-electron chi connectivity index (χ1n) is 28.7. The van der Waals surface area contributed by atoms with Crippen molar-refractivity contribution in [2.45, 2.75) is 199 Å². The topological polar surface area (TPSA) is 578 Å². The number of aliphatic hydroxyl groups excluding tert-OH is 13. The number of phosphoric acid groups is 2. The molecule has 38 nitrogen and oxygen atoms in total. The zero-order valence-electron chi connectivity index (χ0n) is 48.9. The first-order chi connectivity index (χ1) is 43.0. The number of amides is 2. The van der Waals surface area contributed by atoms with Gasteiger partial charge in [0.25, 0.3) is 5.56 Å². The van der Waals surface area contributed by atoms with Gasteiger partial charge in [-0.1, -0.05) is 25.7 Å². The molecule has 18 N–H and O–H groups in total. The van der Waals surface area contributed by atoms with E-state index in [-0.39, 0.29) is 29.8 Å². The van der Waals surface area contributed by atoms with Crippen LogP contribution in [-0.4, -0.2) is 308 Å². The molecule has 91 heavy (non-hydrogen) atoms. The maximum Gasteiger partial charge on any atom is 0.483 e. The number of ether oxygens (including phenoxy) is 9. The van der Waals surface area contributed by atoms with Crippen molar-refractivity contribution in [2.24, 2.45) is 0 Å². The van der Waals surface area contributed by atoms with Crippen molar-refractivity contribution in [1.29, 1.82) is 0 Å². The van der Waals surface area contributed by atoms with E-state index in [1.807, 2.05) is 4.98 Å². The molecule has 6 heterocycles. The smallest absolute Gasteiger partial charge is 0.469 e. The van der Waals surface area contributed by atoms with Crippen molar-refractivity contribution >= 4 is 57.0 Å². The number of rotatable bonds is 34. The van der Waals surface area contributed by atoms with Gasteiger partial charge in [0.2, 0.25) is 11.8 Å². The van der Waals surface area contributed by atoms with Gasteiger partial charge in [0.15, 0.2) is 31.4 Å². The number of carbonyl (C=O) groups excluding carboxylic acids is 3. The minimum atomic E-state index is -5.90. The molecule has 2 amide bonds. The molecule has 5 saturated heterocycles. The van der Waals surface area contributed by atoms with Crippen molar-refractivity contribution < 1.29 is 156 Å². The van der Waals surface area contributed by atoms with Crippen LogP contribution in [0.3, 0.4) is 0 Å². The Hall–Kier alpha value is -2.79. The molecule has 1 aromatic heterocycles. The number of methoxy groups -OCH3 is 1. The first kappa shape index (κ1) is 77.2. The molecule has 5 fully saturated rings. The Morgan fingerprint density at radius 3 is 1.81 bits per heavy atom. The Morgan fingerprint density at radius 2 is 1.18 bits per heavy atom. The van der Waals surface area contributed by atoms with Crippen molar-refractivity contribution in [3.05, 3.63) is 33.1 Å². The highest BCUT2D eigenvalue weighted by atomic mass is 32.2. The Balaban J connectivity index is 1.03. The van der Waals surface area contributed by atoms with Gasteiger partial charge >= 0.3 is 27.3 Å². The predicted octanol–water partition coefficient (Wildman–Crippen LogP) is -7.68. The minimum absolute atomic E-state index is 0.0713. The number of aliphatic hydroxyl groups is 13. The van der Waals surface area contributed by atoms with Gasteiger partial charge in [0.05, 0.1) is 45.4 Å². The number of esters is 1. The number of hydrogen-bond acceptors (Lipinski definition) is 34. The van der Waals surface area contributed by atoms with E-state index in [1.165, 1.54) is 7.11 Å². The molecule has 1 aromatic rings. The lowest BCUT2D eigenvalue weighted by Gasteiger charge is -2.47. The molecule has 2 unspecified atom stereocenters. The monoisotopic (exact) mass is 1400 g/mol. The summed E-state index contributed by atoms with van der Waals surface area (Å²) >= 11 is 2.07. The van der Waals surface area contributed by atoms with Crippen LogP contribution in [-0.2, 0) is 79.5 Å². The number of unbranched alkanes of at least 4 members (excludes halogenated alkanes) is 5. The molecular formula is C49H82N4O34P2S2. The van der Waals surface area contributed by atoms with Crippen molar-refractivity contribution in [1.82, 2.24) is 20.2 Å². The maximum absolute atomic E-state index is 13.3. The van der Waals surface area contributed by atoms with Gasteiger partial charge in [-0.25, -0.2) is 13.9 Å². The van der Waals surface area contributed by atoms with Crippen LogP contribution in [0.15, 0.2) is 21.9 Å². The highest BCUT2D eigenvalue weighted by Gasteiger charge is 2.54. The fraction of sp³-hybridized carbons (Fsp3) is 0.857. The van der Waals surface area contributed by atoms with E-state index in [0.717, 1.165) is 62.0 Å². The minimum Gasteiger partial charge on any atom is -0.469 e. The van der Waals surface area contributed by atoms with Gasteiger partial charge < -0.3 is 129 Å². The summed E-state index contributed by atoms with van der Waals surface area (Å²) < 4.78 is 91.4. The predicted molar refractivity (Wildman–Crippen MR) is 303 cm³/mol. The van der Waals surface area contributed by atoms with Gasteiger partial charge in [0, 0.05) is 49.5 Å². The summed E-state index contributed by atoms with van der Waals surface area (Å²) in [7, 11) is -10.3. The van der Waals surface area contributed by atoms with Gasteiger partial charge in [-0.2, -0.15) is 27.8 Å². The SMILES string of the molecule is COC(=O)CCCCCCCCO[C@@H]1O[C@H](CO[C@H]2O[C@H](CSCCSCC(=O)N[C@H]3[C@@H](OP(=O)(O)OP(=O)(O)OC[C@H]4O[C@@H](n5ccc(=O)[nH]c5=O)[C@H](O)[C@@H]4O)O[C@H](CO)[C@@H](O)[C@@H]3O)[C@@H](O)[C@H](O)[C@@H]2O[C@@H]2O[C@H](CO)[C@@H](O)[C@H](O)[C@H]2NC(C)=O)[C@@H](O)[C@H](O)[C@@H]1O. The Labute approximate surface area is 526 Å². The van der Waals surface area contributed by atoms with Crippen LogP contribution in [0.1, 0.15) is 58.1 Å². The normalized spacial score (nSPS) is 37.5. The van der Waals surface area contributed by atoms with E-state index in [0.29, 0.717) is 30.3 Å². The van der Waals surface area contributed by atoms with E-state index in [9.17, 15) is 109 Å². The second-order valence-electron chi connectivity index (χ2n) is 21.6. The summed E-state index contributed by atoms with van der Waals surface area (Å²) in [6.07, 6.45) is -33.3. The number of phosphoric ester groups is 2. The summed E-state index contributed by atoms with van der Waals surface area (Å²) in [6.45, 7) is -2.54. The largest absolute Gasteiger partial charge is 0.483 e. The molecule has 26 atom stereocenters. The van der Waals surface area contributed by atoms with E-state index >= 15 is 0 Å². The number of aromatic amines is 1. The Kier molecular flexibility index (Phi) is 30.5. The molecule has 6 rings (SSSR count). The molecule has 0 saturated carbocycles. The third-order valence-electron chi connectivity index (χ3n) is 15.0.